The number of nitrogens with zero attached hydrogens (tertiary/aromatic N) is 1. The third kappa shape index (κ3) is 4.98. The van der Waals surface area contributed by atoms with E-state index in [1.165, 1.54) is 11.4 Å². The maximum Gasteiger partial charge on any atom is 0.205 e. The number of rotatable bonds is 7. The van der Waals surface area contributed by atoms with Crippen molar-refractivity contribution >= 4 is 24.3 Å². The van der Waals surface area contributed by atoms with Crippen LogP contribution in [-0.2, 0) is 6.54 Å². The van der Waals surface area contributed by atoms with E-state index in [0.29, 0.717) is 0 Å². The molecule has 0 spiro atoms. The molecule has 0 aliphatic carbocycles. The Labute approximate surface area is 179 Å². The van der Waals surface area contributed by atoms with Gasteiger partial charge in [0, 0.05) is 24.3 Å². The zero-order chi connectivity index (χ0) is 21.5. The fraction of sp³-hybridized carbons (Fsp3) is 0.222. The molecule has 0 saturated heterocycles. The van der Waals surface area contributed by atoms with Gasteiger partial charge in [0.1, 0.15) is 18.0 Å². The summed E-state index contributed by atoms with van der Waals surface area (Å²) in [4.78, 5) is 0. The minimum Gasteiger partial charge on any atom is -0.496 e. The van der Waals surface area contributed by atoms with Crippen LogP contribution in [0, 0.1) is 13.8 Å². The van der Waals surface area contributed by atoms with Gasteiger partial charge in [0.25, 0.3) is 0 Å². The summed E-state index contributed by atoms with van der Waals surface area (Å²) in [5.41, 5.74) is 6.92. The van der Waals surface area contributed by atoms with Gasteiger partial charge in [0.15, 0.2) is 0 Å². The van der Waals surface area contributed by atoms with Gasteiger partial charge in [-0.3, -0.25) is 0 Å². The lowest BCUT2D eigenvalue weighted by Gasteiger charge is -2.05. The Hall–Kier alpha value is -3.33. The molecule has 0 N–H and O–H groups in total. The molecule has 3 nitrogen and oxygen atoms in total. The number of ether oxygens (including phenoxy) is 2. The zero-order valence-electron chi connectivity index (χ0n) is 18.5. The Morgan fingerprint density at radius 3 is 1.53 bits per heavy atom. The molecule has 0 aliphatic heterocycles. The standard InChI is InChI=1S/C27H30NO2/c1-6-28-24(14-10-22-12-16-26(29-4)20(2)18-22)8-7-9-25(28)15-11-23-13-17-27(30-5)21(3)19-23/h7-19H,6H2,1-5H3/q+1/b14-10+,15-11+. The van der Waals surface area contributed by atoms with Crippen molar-refractivity contribution in [1.82, 2.24) is 0 Å². The Morgan fingerprint density at radius 2 is 1.17 bits per heavy atom. The van der Waals surface area contributed by atoms with Gasteiger partial charge < -0.3 is 9.47 Å². The third-order valence-corrected chi connectivity index (χ3v) is 5.20. The Balaban J connectivity index is 1.87. The van der Waals surface area contributed by atoms with Gasteiger partial charge in [-0.1, -0.05) is 12.1 Å². The second kappa shape index (κ2) is 9.93. The van der Waals surface area contributed by atoms with Gasteiger partial charge in [-0.15, -0.1) is 0 Å². The van der Waals surface area contributed by atoms with Crippen LogP contribution >= 0.6 is 0 Å². The Morgan fingerprint density at radius 1 is 0.700 bits per heavy atom. The molecule has 154 valence electrons. The summed E-state index contributed by atoms with van der Waals surface area (Å²) in [6.07, 6.45) is 8.63. The van der Waals surface area contributed by atoms with Crippen LogP contribution in [0.25, 0.3) is 24.3 Å². The minimum atomic E-state index is 0.892. The van der Waals surface area contributed by atoms with Crippen molar-refractivity contribution in [3.63, 3.8) is 0 Å². The molecular formula is C27H30NO2+. The fourth-order valence-electron chi connectivity index (χ4n) is 3.60. The molecule has 0 atom stereocenters. The van der Waals surface area contributed by atoms with E-state index in [1.54, 1.807) is 14.2 Å². The maximum atomic E-state index is 5.36. The van der Waals surface area contributed by atoms with Gasteiger partial charge >= 0.3 is 0 Å². The summed E-state index contributed by atoms with van der Waals surface area (Å²) in [5, 5.41) is 0. The fourth-order valence-corrected chi connectivity index (χ4v) is 3.60. The van der Waals surface area contributed by atoms with E-state index in [0.717, 1.165) is 40.3 Å². The van der Waals surface area contributed by atoms with E-state index in [9.17, 15) is 0 Å². The van der Waals surface area contributed by atoms with Crippen LogP contribution in [-0.4, -0.2) is 14.2 Å². The quantitative estimate of drug-likeness (QED) is 0.456. The molecule has 30 heavy (non-hydrogen) atoms. The molecule has 2 aromatic carbocycles. The highest BCUT2D eigenvalue weighted by molar-refractivity contribution is 5.70. The first kappa shape index (κ1) is 21.4. The molecule has 3 heteroatoms. The van der Waals surface area contributed by atoms with Crippen molar-refractivity contribution in [3.8, 4) is 11.5 Å². The second-order valence-electron chi connectivity index (χ2n) is 7.24. The van der Waals surface area contributed by atoms with E-state index in [2.05, 4.69) is 92.1 Å². The smallest absolute Gasteiger partial charge is 0.205 e. The molecule has 1 heterocycles. The topological polar surface area (TPSA) is 22.3 Å². The highest BCUT2D eigenvalue weighted by Gasteiger charge is 2.10. The van der Waals surface area contributed by atoms with Gasteiger partial charge in [-0.2, -0.15) is 4.57 Å². The van der Waals surface area contributed by atoms with Crippen LogP contribution in [0.5, 0.6) is 11.5 Å². The minimum absolute atomic E-state index is 0.892. The molecule has 0 amide bonds. The summed E-state index contributed by atoms with van der Waals surface area (Å²) in [5.74, 6) is 1.83. The lowest BCUT2D eigenvalue weighted by Crippen LogP contribution is -2.38. The summed E-state index contributed by atoms with van der Waals surface area (Å²) >= 11 is 0. The molecular weight excluding hydrogens is 370 g/mol. The van der Waals surface area contributed by atoms with Crippen molar-refractivity contribution < 1.29 is 14.0 Å². The van der Waals surface area contributed by atoms with Crippen molar-refractivity contribution in [2.45, 2.75) is 27.3 Å². The van der Waals surface area contributed by atoms with Crippen LogP contribution in [0.4, 0.5) is 0 Å². The summed E-state index contributed by atoms with van der Waals surface area (Å²) in [6, 6.07) is 18.9. The predicted octanol–water partition coefficient (Wildman–Crippen LogP) is 5.97. The van der Waals surface area contributed by atoms with Crippen LogP contribution in [0.2, 0.25) is 0 Å². The third-order valence-electron chi connectivity index (χ3n) is 5.20. The number of pyridine rings is 1. The Kier molecular flexibility index (Phi) is 7.08. The molecule has 1 aromatic heterocycles. The molecule has 3 aromatic rings. The van der Waals surface area contributed by atoms with E-state index < -0.39 is 0 Å². The summed E-state index contributed by atoms with van der Waals surface area (Å²) in [6.45, 7) is 7.19. The Bertz CT molecular complexity index is 998. The average molecular weight is 401 g/mol. The molecule has 0 bridgehead atoms. The number of benzene rings is 2. The number of aromatic nitrogens is 1. The van der Waals surface area contributed by atoms with E-state index in [1.807, 2.05) is 12.1 Å². The maximum absolute atomic E-state index is 5.36. The predicted molar refractivity (Wildman–Crippen MR) is 126 cm³/mol. The molecule has 3 rings (SSSR count). The van der Waals surface area contributed by atoms with E-state index in [-0.39, 0.29) is 0 Å². The van der Waals surface area contributed by atoms with Crippen LogP contribution in [0.3, 0.4) is 0 Å². The first-order valence-electron chi connectivity index (χ1n) is 10.2. The number of methoxy groups -OCH3 is 2. The van der Waals surface area contributed by atoms with Crippen LogP contribution < -0.4 is 14.0 Å². The lowest BCUT2D eigenvalue weighted by molar-refractivity contribution is -0.696. The molecule has 0 fully saturated rings. The van der Waals surface area contributed by atoms with E-state index >= 15 is 0 Å². The highest BCUT2D eigenvalue weighted by Crippen LogP contribution is 2.21. The van der Waals surface area contributed by atoms with Crippen molar-refractivity contribution in [3.05, 3.63) is 88.2 Å². The van der Waals surface area contributed by atoms with Gasteiger partial charge in [-0.25, -0.2) is 0 Å². The van der Waals surface area contributed by atoms with Gasteiger partial charge in [0.05, 0.1) is 14.2 Å². The van der Waals surface area contributed by atoms with Crippen molar-refractivity contribution in [1.29, 1.82) is 0 Å². The van der Waals surface area contributed by atoms with E-state index in [4.69, 9.17) is 9.47 Å². The van der Waals surface area contributed by atoms with Crippen LogP contribution in [0.1, 0.15) is 40.6 Å². The summed E-state index contributed by atoms with van der Waals surface area (Å²) in [7, 11) is 3.41. The largest absolute Gasteiger partial charge is 0.496 e. The normalized spacial score (nSPS) is 11.4. The molecule has 0 saturated carbocycles. The van der Waals surface area contributed by atoms with Crippen molar-refractivity contribution in [2.24, 2.45) is 0 Å². The number of aryl methyl sites for hydroxylation is 2. The number of hydrogen-bond acceptors (Lipinski definition) is 2. The zero-order valence-corrected chi connectivity index (χ0v) is 18.5. The summed E-state index contributed by atoms with van der Waals surface area (Å²) < 4.78 is 13.0. The molecule has 0 radical (unpaired) electrons. The van der Waals surface area contributed by atoms with Gasteiger partial charge in [-0.05, 0) is 85.5 Å². The van der Waals surface area contributed by atoms with Crippen LogP contribution in [0.15, 0.2) is 54.6 Å². The first-order chi connectivity index (χ1) is 14.5. The lowest BCUT2D eigenvalue weighted by atomic mass is 10.1. The highest BCUT2D eigenvalue weighted by atomic mass is 16.5. The molecule has 0 aliphatic rings. The first-order valence-corrected chi connectivity index (χ1v) is 10.2. The average Bonchev–Trinajstić information content (AvgIpc) is 2.76. The second-order valence-corrected chi connectivity index (χ2v) is 7.24. The monoisotopic (exact) mass is 400 g/mol. The molecule has 0 unspecified atom stereocenters. The number of hydrogen-bond donors (Lipinski definition) is 0. The SMILES string of the molecule is CC[n+]1c(/C=C/c2ccc(OC)c(C)c2)cccc1/C=C/c1ccc(OC)c(C)c1. The van der Waals surface area contributed by atoms with Gasteiger partial charge in [0.2, 0.25) is 11.4 Å². The van der Waals surface area contributed by atoms with Crippen molar-refractivity contribution in [2.75, 3.05) is 14.2 Å².